The molecule has 0 bridgehead atoms. The number of ether oxygens (including phenoxy) is 1. The molecule has 1 aromatic rings. The number of carbonyl (C=O) groups is 1. The highest BCUT2D eigenvalue weighted by molar-refractivity contribution is 5.72. The molecule has 0 aliphatic rings. The van der Waals surface area contributed by atoms with Crippen LogP contribution in [-0.4, -0.2) is 30.3 Å². The lowest BCUT2D eigenvalue weighted by Gasteiger charge is -2.22. The van der Waals surface area contributed by atoms with Crippen LogP contribution in [0, 0.1) is 0 Å². The second kappa shape index (κ2) is 8.46. The molecule has 1 atom stereocenters. The summed E-state index contributed by atoms with van der Waals surface area (Å²) in [4.78, 5) is 13.4. The summed E-state index contributed by atoms with van der Waals surface area (Å²) in [6.07, 6.45) is 1.60. The summed E-state index contributed by atoms with van der Waals surface area (Å²) in [6, 6.07) is 7.65. The Balaban J connectivity index is 2.79. The Hall–Kier alpha value is -1.71. The van der Waals surface area contributed by atoms with Gasteiger partial charge in [0.15, 0.2) is 6.10 Å². The number of carboxylic acids is 1. The van der Waals surface area contributed by atoms with Gasteiger partial charge in [0, 0.05) is 24.8 Å². The third-order valence-corrected chi connectivity index (χ3v) is 3.32. The summed E-state index contributed by atoms with van der Waals surface area (Å²) < 4.78 is 5.63. The number of anilines is 1. The van der Waals surface area contributed by atoms with Crippen LogP contribution in [0.2, 0.25) is 0 Å². The molecule has 0 saturated heterocycles. The lowest BCUT2D eigenvalue weighted by atomic mass is 10.1. The van der Waals surface area contributed by atoms with Gasteiger partial charge in [0.1, 0.15) is 5.75 Å². The van der Waals surface area contributed by atoms with Crippen molar-refractivity contribution in [3.63, 3.8) is 0 Å². The van der Waals surface area contributed by atoms with E-state index in [2.05, 4.69) is 18.7 Å². The average Bonchev–Trinajstić information content (AvgIpc) is 2.45. The molecule has 4 heteroatoms. The van der Waals surface area contributed by atoms with Crippen molar-refractivity contribution in [2.75, 3.05) is 18.0 Å². The van der Waals surface area contributed by atoms with E-state index in [-0.39, 0.29) is 0 Å². The molecule has 112 valence electrons. The number of hydrogen-bond donors (Lipinski definition) is 1. The minimum Gasteiger partial charge on any atom is -0.479 e. The molecule has 0 aromatic heterocycles. The Morgan fingerprint density at radius 2 is 2.00 bits per heavy atom. The van der Waals surface area contributed by atoms with Crippen molar-refractivity contribution >= 4 is 11.7 Å². The van der Waals surface area contributed by atoms with Gasteiger partial charge in [-0.25, -0.2) is 4.79 Å². The van der Waals surface area contributed by atoms with Crippen LogP contribution in [0.1, 0.15) is 40.0 Å². The average molecular weight is 279 g/mol. The van der Waals surface area contributed by atoms with Gasteiger partial charge in [0.2, 0.25) is 0 Å². The zero-order valence-corrected chi connectivity index (χ0v) is 12.6. The van der Waals surface area contributed by atoms with E-state index in [4.69, 9.17) is 4.74 Å². The molecule has 0 fully saturated rings. The largest absolute Gasteiger partial charge is 0.479 e. The molecule has 0 aliphatic heterocycles. The SMILES string of the molecule is CCCCC(Oc1cccc(N(CC)CC)c1)C(=O)O. The van der Waals surface area contributed by atoms with Gasteiger partial charge in [-0.3, -0.25) is 0 Å². The first-order valence-electron chi connectivity index (χ1n) is 7.36. The van der Waals surface area contributed by atoms with Crippen LogP contribution >= 0.6 is 0 Å². The highest BCUT2D eigenvalue weighted by atomic mass is 16.5. The Labute approximate surface area is 121 Å². The number of rotatable bonds is 9. The summed E-state index contributed by atoms with van der Waals surface area (Å²) in [6.45, 7) is 8.06. The molecule has 20 heavy (non-hydrogen) atoms. The predicted octanol–water partition coefficient (Wildman–Crippen LogP) is 3.56. The van der Waals surface area contributed by atoms with Crippen LogP contribution in [0.15, 0.2) is 24.3 Å². The van der Waals surface area contributed by atoms with Crippen LogP contribution in [0.25, 0.3) is 0 Å². The molecule has 1 N–H and O–H groups in total. The smallest absolute Gasteiger partial charge is 0.344 e. The van der Waals surface area contributed by atoms with Crippen molar-refractivity contribution in [1.29, 1.82) is 0 Å². The number of benzene rings is 1. The maximum atomic E-state index is 11.2. The molecule has 0 aliphatic carbocycles. The normalized spacial score (nSPS) is 11.9. The van der Waals surface area contributed by atoms with Crippen LogP contribution in [-0.2, 0) is 4.79 Å². The molecule has 0 radical (unpaired) electrons. The minimum atomic E-state index is -0.897. The van der Waals surface area contributed by atoms with Gasteiger partial charge >= 0.3 is 5.97 Å². The van der Waals surface area contributed by atoms with E-state index in [1.807, 2.05) is 31.2 Å². The van der Waals surface area contributed by atoms with Crippen LogP contribution < -0.4 is 9.64 Å². The molecule has 4 nitrogen and oxygen atoms in total. The molecule has 0 spiro atoms. The highest BCUT2D eigenvalue weighted by Gasteiger charge is 2.18. The maximum absolute atomic E-state index is 11.2. The highest BCUT2D eigenvalue weighted by Crippen LogP contribution is 2.23. The number of aliphatic carboxylic acids is 1. The second-order valence-corrected chi connectivity index (χ2v) is 4.76. The lowest BCUT2D eigenvalue weighted by Crippen LogP contribution is -2.27. The van der Waals surface area contributed by atoms with Gasteiger partial charge in [-0.2, -0.15) is 0 Å². The molecule has 0 amide bonds. The van der Waals surface area contributed by atoms with Crippen LogP contribution in [0.4, 0.5) is 5.69 Å². The van der Waals surface area contributed by atoms with Gasteiger partial charge in [-0.15, -0.1) is 0 Å². The minimum absolute atomic E-state index is 0.543. The Morgan fingerprint density at radius 3 is 2.55 bits per heavy atom. The quantitative estimate of drug-likeness (QED) is 0.751. The third-order valence-electron chi connectivity index (χ3n) is 3.32. The van der Waals surface area contributed by atoms with Crippen molar-refractivity contribution in [3.8, 4) is 5.75 Å². The Morgan fingerprint density at radius 1 is 1.30 bits per heavy atom. The van der Waals surface area contributed by atoms with E-state index in [9.17, 15) is 9.90 Å². The lowest BCUT2D eigenvalue weighted by molar-refractivity contribution is -0.145. The first kappa shape index (κ1) is 16.3. The van der Waals surface area contributed by atoms with Gasteiger partial charge in [0.05, 0.1) is 0 Å². The Kier molecular flexibility index (Phi) is 6.91. The Bertz CT molecular complexity index is 416. The van der Waals surface area contributed by atoms with E-state index < -0.39 is 12.1 Å². The fourth-order valence-corrected chi connectivity index (χ4v) is 2.13. The zero-order chi connectivity index (χ0) is 15.0. The third kappa shape index (κ3) is 4.76. The van der Waals surface area contributed by atoms with Gasteiger partial charge in [-0.1, -0.05) is 19.4 Å². The van der Waals surface area contributed by atoms with Crippen molar-refractivity contribution < 1.29 is 14.6 Å². The van der Waals surface area contributed by atoms with E-state index in [0.29, 0.717) is 12.2 Å². The van der Waals surface area contributed by atoms with E-state index >= 15 is 0 Å². The van der Waals surface area contributed by atoms with Crippen molar-refractivity contribution in [2.45, 2.75) is 46.1 Å². The summed E-state index contributed by atoms with van der Waals surface area (Å²) in [5, 5.41) is 9.20. The van der Waals surface area contributed by atoms with Crippen LogP contribution in [0.5, 0.6) is 5.75 Å². The number of unbranched alkanes of at least 4 members (excludes halogenated alkanes) is 1. The van der Waals surface area contributed by atoms with Crippen molar-refractivity contribution in [2.24, 2.45) is 0 Å². The summed E-state index contributed by atoms with van der Waals surface area (Å²) in [5.74, 6) is -0.274. The first-order chi connectivity index (χ1) is 9.62. The monoisotopic (exact) mass is 279 g/mol. The fourth-order valence-electron chi connectivity index (χ4n) is 2.13. The van der Waals surface area contributed by atoms with Gasteiger partial charge in [-0.05, 0) is 38.8 Å². The van der Waals surface area contributed by atoms with E-state index in [0.717, 1.165) is 31.6 Å². The van der Waals surface area contributed by atoms with E-state index in [1.54, 1.807) is 0 Å². The topological polar surface area (TPSA) is 49.8 Å². The van der Waals surface area contributed by atoms with Gasteiger partial charge < -0.3 is 14.7 Å². The van der Waals surface area contributed by atoms with Gasteiger partial charge in [0.25, 0.3) is 0 Å². The summed E-state index contributed by atoms with van der Waals surface area (Å²) in [7, 11) is 0. The predicted molar refractivity (Wildman–Crippen MR) is 81.6 cm³/mol. The molecule has 0 heterocycles. The molecular weight excluding hydrogens is 254 g/mol. The number of carboxylic acid groups (broad SMARTS) is 1. The molecule has 1 aromatic carbocycles. The fraction of sp³-hybridized carbons (Fsp3) is 0.562. The zero-order valence-electron chi connectivity index (χ0n) is 12.6. The molecule has 1 rings (SSSR count). The molecule has 1 unspecified atom stereocenters. The van der Waals surface area contributed by atoms with E-state index in [1.165, 1.54) is 0 Å². The summed E-state index contributed by atoms with van der Waals surface area (Å²) in [5.41, 5.74) is 1.06. The first-order valence-corrected chi connectivity index (χ1v) is 7.36. The number of hydrogen-bond acceptors (Lipinski definition) is 3. The molecular formula is C16H25NO3. The summed E-state index contributed by atoms with van der Waals surface area (Å²) >= 11 is 0. The molecule has 0 saturated carbocycles. The number of nitrogens with zero attached hydrogens (tertiary/aromatic N) is 1. The van der Waals surface area contributed by atoms with Crippen molar-refractivity contribution in [3.05, 3.63) is 24.3 Å². The maximum Gasteiger partial charge on any atom is 0.344 e. The van der Waals surface area contributed by atoms with Crippen LogP contribution in [0.3, 0.4) is 0 Å². The second-order valence-electron chi connectivity index (χ2n) is 4.76. The standard InChI is InChI=1S/C16H25NO3/c1-4-7-11-15(16(18)19)20-14-10-8-9-13(12-14)17(5-2)6-3/h8-10,12,15H,4-7,11H2,1-3H3,(H,18,19). The van der Waals surface area contributed by atoms with Crippen molar-refractivity contribution in [1.82, 2.24) is 0 Å².